The van der Waals surface area contributed by atoms with E-state index in [1.807, 2.05) is 6.92 Å². The van der Waals surface area contributed by atoms with E-state index in [1.54, 1.807) is 0 Å². The van der Waals surface area contributed by atoms with Crippen LogP contribution < -0.4 is 0 Å². The lowest BCUT2D eigenvalue weighted by Crippen LogP contribution is -2.11. The Morgan fingerprint density at radius 3 is 2.42 bits per heavy atom. The van der Waals surface area contributed by atoms with Crippen LogP contribution >= 0.6 is 0 Å². The van der Waals surface area contributed by atoms with Gasteiger partial charge in [-0.15, -0.1) is 0 Å². The van der Waals surface area contributed by atoms with E-state index >= 15 is 0 Å². The van der Waals surface area contributed by atoms with Crippen molar-refractivity contribution >= 4 is 0 Å². The topological polar surface area (TPSA) is 9.23 Å². The number of hydrogen-bond donors (Lipinski definition) is 0. The monoisotopic (exact) mass is 326 g/mol. The lowest BCUT2D eigenvalue weighted by atomic mass is 9.78. The highest BCUT2D eigenvalue weighted by molar-refractivity contribution is 5.25. The maximum absolute atomic E-state index is 5.71. The van der Waals surface area contributed by atoms with Crippen molar-refractivity contribution in [3.05, 3.63) is 59.7 Å². The number of hydrogen-bond acceptors (Lipinski definition) is 1. The Labute approximate surface area is 148 Å². The van der Waals surface area contributed by atoms with Gasteiger partial charge in [0, 0.05) is 0 Å². The number of rotatable bonds is 9. The summed E-state index contributed by atoms with van der Waals surface area (Å²) in [6, 6.07) is 9.14. The molecule has 1 aliphatic carbocycles. The Balaban J connectivity index is 1.73. The molecule has 0 spiro atoms. The molecule has 0 saturated heterocycles. The van der Waals surface area contributed by atoms with Crippen LogP contribution in [0.3, 0.4) is 0 Å². The first kappa shape index (κ1) is 19.0. The molecule has 0 aromatic heterocycles. The standard InChI is InChI=1S/C23H34O/c1-3-5-7-9-20-10-14-22(15-11-20)23-16-12-21(13-17-23)19-24-18-8-6-4-2/h4,6-7,9,12-13,16-17,20,22H,3,5,8,10-11,14-15,18-19H2,1-2H3. The third kappa shape index (κ3) is 6.65. The quantitative estimate of drug-likeness (QED) is 0.358. The minimum Gasteiger partial charge on any atom is -0.376 e. The SMILES string of the molecule is CC=CCCOCc1ccc(C2CCC(C=CCCC)CC2)cc1. The highest BCUT2D eigenvalue weighted by atomic mass is 16.5. The Hall–Kier alpha value is -1.34. The lowest BCUT2D eigenvalue weighted by molar-refractivity contribution is 0.125. The molecule has 1 aromatic carbocycles. The summed E-state index contributed by atoms with van der Waals surface area (Å²) >= 11 is 0. The zero-order valence-corrected chi connectivity index (χ0v) is 15.5. The highest BCUT2D eigenvalue weighted by Gasteiger charge is 2.20. The van der Waals surface area contributed by atoms with Crippen LogP contribution in [0.1, 0.15) is 75.8 Å². The molecule has 1 saturated carbocycles. The average Bonchev–Trinajstić information content (AvgIpc) is 2.63. The lowest BCUT2D eigenvalue weighted by Gasteiger charge is -2.27. The molecule has 0 heterocycles. The number of ether oxygens (including phenoxy) is 1. The van der Waals surface area contributed by atoms with Crippen LogP contribution in [0.4, 0.5) is 0 Å². The maximum atomic E-state index is 5.71. The molecule has 0 atom stereocenters. The van der Waals surface area contributed by atoms with E-state index in [4.69, 9.17) is 4.74 Å². The summed E-state index contributed by atoms with van der Waals surface area (Å²) in [6.07, 6.45) is 17.9. The fourth-order valence-electron chi connectivity index (χ4n) is 3.49. The van der Waals surface area contributed by atoms with Crippen LogP contribution in [-0.2, 0) is 11.3 Å². The maximum Gasteiger partial charge on any atom is 0.0717 e. The Morgan fingerprint density at radius 2 is 1.75 bits per heavy atom. The molecule has 0 bridgehead atoms. The Bertz CT molecular complexity index is 489. The van der Waals surface area contributed by atoms with Crippen molar-refractivity contribution in [2.24, 2.45) is 5.92 Å². The molecular weight excluding hydrogens is 292 g/mol. The molecular formula is C23H34O. The normalized spacial score (nSPS) is 21.8. The summed E-state index contributed by atoms with van der Waals surface area (Å²) in [4.78, 5) is 0. The van der Waals surface area contributed by atoms with Crippen LogP contribution in [0.25, 0.3) is 0 Å². The molecule has 1 heteroatoms. The van der Waals surface area contributed by atoms with E-state index in [0.717, 1.165) is 31.5 Å². The molecule has 1 nitrogen and oxygen atoms in total. The Kier molecular flexibility index (Phi) is 8.91. The third-order valence-corrected chi connectivity index (χ3v) is 5.02. The van der Waals surface area contributed by atoms with Crippen LogP contribution in [0.5, 0.6) is 0 Å². The fourth-order valence-corrected chi connectivity index (χ4v) is 3.49. The van der Waals surface area contributed by atoms with Crippen molar-refractivity contribution in [1.82, 2.24) is 0 Å². The van der Waals surface area contributed by atoms with Gasteiger partial charge in [-0.2, -0.15) is 0 Å². The number of benzene rings is 1. The van der Waals surface area contributed by atoms with E-state index < -0.39 is 0 Å². The minimum absolute atomic E-state index is 0.729. The van der Waals surface area contributed by atoms with Crippen LogP contribution in [0, 0.1) is 5.92 Å². The molecule has 24 heavy (non-hydrogen) atoms. The van der Waals surface area contributed by atoms with Gasteiger partial charge >= 0.3 is 0 Å². The third-order valence-electron chi connectivity index (χ3n) is 5.02. The molecule has 0 unspecified atom stereocenters. The van der Waals surface area contributed by atoms with Crippen molar-refractivity contribution < 1.29 is 4.74 Å². The highest BCUT2D eigenvalue weighted by Crippen LogP contribution is 2.36. The van der Waals surface area contributed by atoms with E-state index in [-0.39, 0.29) is 0 Å². The zero-order chi connectivity index (χ0) is 17.0. The molecule has 2 rings (SSSR count). The summed E-state index contributed by atoms with van der Waals surface area (Å²) in [5.41, 5.74) is 2.80. The van der Waals surface area contributed by atoms with E-state index in [1.165, 1.54) is 49.7 Å². The fraction of sp³-hybridized carbons (Fsp3) is 0.565. The van der Waals surface area contributed by atoms with Gasteiger partial charge in [0.1, 0.15) is 0 Å². The Morgan fingerprint density at radius 1 is 1.00 bits per heavy atom. The van der Waals surface area contributed by atoms with E-state index in [9.17, 15) is 0 Å². The first-order valence-electron chi connectivity index (χ1n) is 9.77. The molecule has 132 valence electrons. The number of unbranched alkanes of at least 4 members (excludes halogenated alkanes) is 1. The first-order chi connectivity index (χ1) is 11.8. The predicted molar refractivity (Wildman–Crippen MR) is 104 cm³/mol. The molecule has 1 fully saturated rings. The molecule has 0 aliphatic heterocycles. The summed E-state index contributed by atoms with van der Waals surface area (Å²) in [5, 5.41) is 0. The van der Waals surface area contributed by atoms with Crippen LogP contribution in [-0.4, -0.2) is 6.61 Å². The molecule has 0 radical (unpaired) electrons. The van der Waals surface area contributed by atoms with Gasteiger partial charge in [0.2, 0.25) is 0 Å². The predicted octanol–water partition coefficient (Wildman–Crippen LogP) is 6.80. The van der Waals surface area contributed by atoms with Crippen LogP contribution in [0.2, 0.25) is 0 Å². The smallest absolute Gasteiger partial charge is 0.0717 e. The summed E-state index contributed by atoms with van der Waals surface area (Å²) in [6.45, 7) is 5.83. The van der Waals surface area contributed by atoms with Gasteiger partial charge in [0.15, 0.2) is 0 Å². The second-order valence-corrected chi connectivity index (χ2v) is 6.98. The molecule has 0 N–H and O–H groups in total. The van der Waals surface area contributed by atoms with E-state index in [2.05, 4.69) is 55.5 Å². The summed E-state index contributed by atoms with van der Waals surface area (Å²) < 4.78 is 5.71. The van der Waals surface area contributed by atoms with Gasteiger partial charge in [-0.25, -0.2) is 0 Å². The van der Waals surface area contributed by atoms with Gasteiger partial charge in [-0.05, 0) is 68.4 Å². The van der Waals surface area contributed by atoms with Gasteiger partial charge in [-0.1, -0.05) is 61.9 Å². The van der Waals surface area contributed by atoms with Gasteiger partial charge in [0.25, 0.3) is 0 Å². The van der Waals surface area contributed by atoms with E-state index in [0.29, 0.717) is 0 Å². The van der Waals surface area contributed by atoms with Gasteiger partial charge in [-0.3, -0.25) is 0 Å². The second-order valence-electron chi connectivity index (χ2n) is 6.98. The summed E-state index contributed by atoms with van der Waals surface area (Å²) in [7, 11) is 0. The second kappa shape index (κ2) is 11.3. The zero-order valence-electron chi connectivity index (χ0n) is 15.5. The van der Waals surface area contributed by atoms with Crippen molar-refractivity contribution in [2.75, 3.05) is 6.61 Å². The van der Waals surface area contributed by atoms with Crippen molar-refractivity contribution in [3.63, 3.8) is 0 Å². The molecule has 1 aromatic rings. The van der Waals surface area contributed by atoms with Crippen molar-refractivity contribution in [3.8, 4) is 0 Å². The van der Waals surface area contributed by atoms with Gasteiger partial charge < -0.3 is 4.74 Å². The average molecular weight is 327 g/mol. The van der Waals surface area contributed by atoms with Crippen molar-refractivity contribution in [1.29, 1.82) is 0 Å². The number of allylic oxidation sites excluding steroid dienone is 3. The minimum atomic E-state index is 0.729. The van der Waals surface area contributed by atoms with Gasteiger partial charge in [0.05, 0.1) is 13.2 Å². The van der Waals surface area contributed by atoms with Crippen molar-refractivity contribution in [2.45, 2.75) is 71.3 Å². The largest absolute Gasteiger partial charge is 0.376 e. The summed E-state index contributed by atoms with van der Waals surface area (Å²) in [5.74, 6) is 1.57. The first-order valence-corrected chi connectivity index (χ1v) is 9.77. The molecule has 1 aliphatic rings. The van der Waals surface area contributed by atoms with Crippen LogP contribution in [0.15, 0.2) is 48.6 Å². The molecule has 0 amide bonds.